The van der Waals surface area contributed by atoms with Crippen LogP contribution in [0, 0.1) is 0 Å². The molecule has 0 aliphatic carbocycles. The Morgan fingerprint density at radius 3 is 2.14 bits per heavy atom. The van der Waals surface area contributed by atoms with Gasteiger partial charge in [0.05, 0.1) is 4.90 Å². The maximum atomic E-state index is 12.4. The van der Waals surface area contributed by atoms with Gasteiger partial charge in [0, 0.05) is 18.7 Å². The molecule has 1 amide bonds. The topological polar surface area (TPSA) is 119 Å². The van der Waals surface area contributed by atoms with Crippen molar-refractivity contribution >= 4 is 21.9 Å². The van der Waals surface area contributed by atoms with Crippen LogP contribution in [-0.2, 0) is 10.0 Å². The Morgan fingerprint density at radius 1 is 1.05 bits per heavy atom. The van der Waals surface area contributed by atoms with Crippen LogP contribution in [0.15, 0.2) is 34.2 Å². The van der Waals surface area contributed by atoms with Crippen LogP contribution in [0.5, 0.6) is 0 Å². The monoisotopic (exact) mass is 310 g/mol. The van der Waals surface area contributed by atoms with Gasteiger partial charge in [0.2, 0.25) is 10.0 Å². The molecule has 1 saturated heterocycles. The molecular weight excluding hydrogens is 292 g/mol. The lowest BCUT2D eigenvalue weighted by Gasteiger charge is -2.25. The summed E-state index contributed by atoms with van der Waals surface area (Å²) in [6.07, 6.45) is 2.80. The van der Waals surface area contributed by atoms with Gasteiger partial charge in [0.25, 0.3) is 5.91 Å². The number of guanidine groups is 1. The average molecular weight is 310 g/mol. The number of hydrogen-bond acceptors (Lipinski definition) is 3. The van der Waals surface area contributed by atoms with Crippen molar-refractivity contribution < 1.29 is 13.2 Å². The van der Waals surface area contributed by atoms with Crippen molar-refractivity contribution in [2.75, 3.05) is 13.1 Å². The average Bonchev–Trinajstić information content (AvgIpc) is 2.47. The number of aliphatic imine (C=N–C) groups is 1. The zero-order valence-corrected chi connectivity index (χ0v) is 12.3. The Balaban J connectivity index is 2.22. The summed E-state index contributed by atoms with van der Waals surface area (Å²) >= 11 is 0. The number of benzene rings is 1. The quantitative estimate of drug-likeness (QED) is 0.613. The van der Waals surface area contributed by atoms with Crippen LogP contribution >= 0.6 is 0 Å². The Labute approximate surface area is 123 Å². The molecule has 0 aromatic heterocycles. The molecule has 0 spiro atoms. The standard InChI is InChI=1S/C13H18N4O3S/c14-13(15)16-12(18)10-4-6-11(7-5-10)21(19,20)17-8-2-1-3-9-17/h4-7H,1-3,8-9H2,(H4,14,15,16,18). The van der Waals surface area contributed by atoms with Gasteiger partial charge in [-0.2, -0.15) is 9.30 Å². The third kappa shape index (κ3) is 3.59. The van der Waals surface area contributed by atoms with E-state index in [-0.39, 0.29) is 16.4 Å². The number of nitrogens with two attached hydrogens (primary N) is 2. The van der Waals surface area contributed by atoms with Crippen LogP contribution in [0.2, 0.25) is 0 Å². The van der Waals surface area contributed by atoms with Gasteiger partial charge in [-0.25, -0.2) is 8.42 Å². The molecule has 0 unspecified atom stereocenters. The highest BCUT2D eigenvalue weighted by molar-refractivity contribution is 7.89. The van der Waals surface area contributed by atoms with Gasteiger partial charge < -0.3 is 11.5 Å². The van der Waals surface area contributed by atoms with Gasteiger partial charge >= 0.3 is 0 Å². The molecule has 1 aliphatic rings. The minimum absolute atomic E-state index is 0.172. The van der Waals surface area contributed by atoms with E-state index in [2.05, 4.69) is 4.99 Å². The summed E-state index contributed by atoms with van der Waals surface area (Å²) < 4.78 is 26.3. The first-order valence-electron chi connectivity index (χ1n) is 6.65. The molecule has 0 saturated carbocycles. The molecule has 4 N–H and O–H groups in total. The zero-order valence-electron chi connectivity index (χ0n) is 11.5. The van der Waals surface area contributed by atoms with E-state index < -0.39 is 15.9 Å². The van der Waals surface area contributed by atoms with Gasteiger partial charge in [-0.3, -0.25) is 4.79 Å². The lowest BCUT2D eigenvalue weighted by Crippen LogP contribution is -2.35. The van der Waals surface area contributed by atoms with Crippen molar-refractivity contribution in [1.29, 1.82) is 0 Å². The summed E-state index contributed by atoms with van der Waals surface area (Å²) in [7, 11) is -3.49. The molecule has 1 fully saturated rings. The van der Waals surface area contributed by atoms with Crippen molar-refractivity contribution in [2.45, 2.75) is 24.2 Å². The molecule has 0 atom stereocenters. The van der Waals surface area contributed by atoms with Gasteiger partial charge in [0.1, 0.15) is 0 Å². The van der Waals surface area contributed by atoms with Crippen LogP contribution in [0.4, 0.5) is 0 Å². The Bertz CT molecular complexity index is 642. The number of rotatable bonds is 3. The lowest BCUT2D eigenvalue weighted by atomic mass is 10.2. The van der Waals surface area contributed by atoms with Crippen LogP contribution < -0.4 is 11.5 Å². The fraction of sp³-hybridized carbons (Fsp3) is 0.385. The number of sulfonamides is 1. The van der Waals surface area contributed by atoms with E-state index in [1.807, 2.05) is 0 Å². The SMILES string of the molecule is NC(N)=NC(=O)c1ccc(S(=O)(=O)N2CCCCC2)cc1. The molecule has 1 aromatic carbocycles. The Hall–Kier alpha value is -1.93. The summed E-state index contributed by atoms with van der Waals surface area (Å²) in [5, 5.41) is 0. The minimum Gasteiger partial charge on any atom is -0.370 e. The summed E-state index contributed by atoms with van der Waals surface area (Å²) in [5.74, 6) is -0.929. The third-order valence-corrected chi connectivity index (χ3v) is 5.20. The number of piperidine rings is 1. The first-order valence-corrected chi connectivity index (χ1v) is 8.09. The molecule has 1 aromatic rings. The predicted molar refractivity (Wildman–Crippen MR) is 79.2 cm³/mol. The molecule has 8 heteroatoms. The van der Waals surface area contributed by atoms with E-state index in [1.165, 1.54) is 28.6 Å². The summed E-state index contributed by atoms with van der Waals surface area (Å²) in [6.45, 7) is 1.08. The van der Waals surface area contributed by atoms with Crippen molar-refractivity contribution in [3.8, 4) is 0 Å². The Kier molecular flexibility index (Phi) is 4.59. The maximum absolute atomic E-state index is 12.4. The fourth-order valence-electron chi connectivity index (χ4n) is 2.21. The fourth-order valence-corrected chi connectivity index (χ4v) is 3.72. The highest BCUT2D eigenvalue weighted by Gasteiger charge is 2.25. The molecular formula is C13H18N4O3S. The van der Waals surface area contributed by atoms with Crippen LogP contribution in [0.1, 0.15) is 29.6 Å². The number of carbonyl (C=O) groups excluding carboxylic acids is 1. The van der Waals surface area contributed by atoms with Gasteiger partial charge in [-0.15, -0.1) is 0 Å². The van der Waals surface area contributed by atoms with E-state index in [0.717, 1.165) is 19.3 Å². The zero-order chi connectivity index (χ0) is 15.5. The van der Waals surface area contributed by atoms with Crippen LogP contribution in [-0.4, -0.2) is 37.7 Å². The molecule has 1 heterocycles. The van der Waals surface area contributed by atoms with Gasteiger partial charge in [-0.1, -0.05) is 6.42 Å². The van der Waals surface area contributed by atoms with E-state index in [1.54, 1.807) is 0 Å². The van der Waals surface area contributed by atoms with Gasteiger partial charge in [0.15, 0.2) is 5.96 Å². The molecule has 1 aliphatic heterocycles. The highest BCUT2D eigenvalue weighted by Crippen LogP contribution is 2.20. The van der Waals surface area contributed by atoms with Crippen molar-refractivity contribution in [1.82, 2.24) is 4.31 Å². The summed E-state index contributed by atoms with van der Waals surface area (Å²) in [5.41, 5.74) is 10.5. The van der Waals surface area contributed by atoms with Crippen molar-refractivity contribution in [2.24, 2.45) is 16.5 Å². The second kappa shape index (κ2) is 6.23. The predicted octanol–water partition coefficient (Wildman–Crippen LogP) is 0.275. The largest absolute Gasteiger partial charge is 0.370 e. The highest BCUT2D eigenvalue weighted by atomic mass is 32.2. The smallest absolute Gasteiger partial charge is 0.280 e. The molecule has 21 heavy (non-hydrogen) atoms. The van der Waals surface area contributed by atoms with E-state index in [4.69, 9.17) is 11.5 Å². The number of nitrogens with zero attached hydrogens (tertiary/aromatic N) is 2. The summed E-state index contributed by atoms with van der Waals surface area (Å²) in [6, 6.07) is 5.62. The minimum atomic E-state index is -3.49. The second-order valence-corrected chi connectivity index (χ2v) is 6.77. The number of hydrogen-bond donors (Lipinski definition) is 2. The molecule has 114 valence electrons. The van der Waals surface area contributed by atoms with Crippen molar-refractivity contribution in [3.63, 3.8) is 0 Å². The van der Waals surface area contributed by atoms with Crippen LogP contribution in [0.25, 0.3) is 0 Å². The number of amides is 1. The van der Waals surface area contributed by atoms with E-state index in [9.17, 15) is 13.2 Å². The molecule has 2 rings (SSSR count). The van der Waals surface area contributed by atoms with Crippen LogP contribution in [0.3, 0.4) is 0 Å². The number of carbonyl (C=O) groups is 1. The summed E-state index contributed by atoms with van der Waals surface area (Å²) in [4.78, 5) is 15.2. The van der Waals surface area contributed by atoms with E-state index >= 15 is 0 Å². The Morgan fingerprint density at radius 2 is 1.62 bits per heavy atom. The normalized spacial score (nSPS) is 16.4. The maximum Gasteiger partial charge on any atom is 0.280 e. The molecule has 0 bridgehead atoms. The third-order valence-electron chi connectivity index (χ3n) is 3.28. The molecule has 7 nitrogen and oxygen atoms in total. The van der Waals surface area contributed by atoms with Gasteiger partial charge in [-0.05, 0) is 37.1 Å². The van der Waals surface area contributed by atoms with E-state index in [0.29, 0.717) is 13.1 Å². The molecule has 0 radical (unpaired) electrons. The first kappa shape index (κ1) is 15.5. The first-order chi connectivity index (χ1) is 9.91. The second-order valence-electron chi connectivity index (χ2n) is 4.83. The lowest BCUT2D eigenvalue weighted by molar-refractivity contribution is 0.100. The van der Waals surface area contributed by atoms with Crippen molar-refractivity contribution in [3.05, 3.63) is 29.8 Å².